The van der Waals surface area contributed by atoms with Gasteiger partial charge in [-0.15, -0.1) is 0 Å². The Balaban J connectivity index is 1.38. The summed E-state index contributed by atoms with van der Waals surface area (Å²) in [5.41, 5.74) is 7.99. The predicted octanol–water partition coefficient (Wildman–Crippen LogP) is 7.14. The number of hydrogen-bond donors (Lipinski definition) is 2. The lowest BCUT2D eigenvalue weighted by molar-refractivity contribution is 0.669. The van der Waals surface area contributed by atoms with Gasteiger partial charge in [-0.25, -0.2) is 9.97 Å². The fourth-order valence-electron chi connectivity index (χ4n) is 4.37. The van der Waals surface area contributed by atoms with Crippen molar-refractivity contribution in [2.45, 2.75) is 32.1 Å². The molecule has 5 heteroatoms. The van der Waals surface area contributed by atoms with Gasteiger partial charge in [-0.05, 0) is 62.5 Å². The molecule has 0 radical (unpaired) electrons. The average molecular weight is 465 g/mol. The summed E-state index contributed by atoms with van der Waals surface area (Å²) >= 11 is 5.53. The fourth-order valence-corrected chi connectivity index (χ4v) is 4.59. The zero-order valence-corrected chi connectivity index (χ0v) is 19.9. The Labute approximate surface area is 206 Å². The summed E-state index contributed by atoms with van der Waals surface area (Å²) < 4.78 is 0. The maximum Gasteiger partial charge on any atom is 0.170 e. The van der Waals surface area contributed by atoms with Gasteiger partial charge in [-0.2, -0.15) is 0 Å². The number of hydrogen-bond acceptors (Lipinski definition) is 3. The summed E-state index contributed by atoms with van der Waals surface area (Å²) in [7, 11) is 0. The van der Waals surface area contributed by atoms with Crippen molar-refractivity contribution in [1.82, 2.24) is 15.3 Å². The number of fused-ring (bicyclic) bond motifs is 1. The zero-order chi connectivity index (χ0) is 23.2. The Bertz CT molecular complexity index is 1320. The molecule has 0 aliphatic heterocycles. The van der Waals surface area contributed by atoms with E-state index in [4.69, 9.17) is 22.2 Å². The zero-order valence-electron chi connectivity index (χ0n) is 19.1. The lowest BCUT2D eigenvalue weighted by Gasteiger charge is -2.15. The standard InChI is InChI=1S/C29H28N4S/c34-29(30-19-18-21-10-4-1-5-11-21)31-24-16-17-25-26(20-24)33-28(23-14-8-3-9-15-23)27(32-25)22-12-6-2-7-13-22/h2-3,6-10,12-17,20H,1,4-5,11,18-19H2,(H2,30,31,34). The molecular formula is C29H28N4S. The Hall–Kier alpha value is -3.57. The maximum absolute atomic E-state index is 5.53. The number of nitrogens with zero attached hydrogens (tertiary/aromatic N) is 2. The molecule has 0 bridgehead atoms. The maximum atomic E-state index is 5.53. The first-order valence-corrected chi connectivity index (χ1v) is 12.3. The van der Waals surface area contributed by atoms with E-state index in [2.05, 4.69) is 41.0 Å². The smallest absolute Gasteiger partial charge is 0.170 e. The lowest BCUT2D eigenvalue weighted by atomic mass is 9.97. The Morgan fingerprint density at radius 1 is 0.794 bits per heavy atom. The van der Waals surface area contributed by atoms with Crippen LogP contribution in [0.4, 0.5) is 5.69 Å². The number of aromatic nitrogens is 2. The summed E-state index contributed by atoms with van der Waals surface area (Å²) in [6.45, 7) is 0.851. The van der Waals surface area contributed by atoms with E-state index in [0.29, 0.717) is 5.11 Å². The highest BCUT2D eigenvalue weighted by atomic mass is 32.1. The molecule has 170 valence electrons. The van der Waals surface area contributed by atoms with Gasteiger partial charge in [0, 0.05) is 23.4 Å². The SMILES string of the molecule is S=C(NCCC1=CCCCC1)Nc1ccc2nc(-c3ccccc3)c(-c3ccccc3)nc2c1. The largest absolute Gasteiger partial charge is 0.362 e. The second kappa shape index (κ2) is 10.6. The molecule has 0 saturated carbocycles. The molecule has 3 aromatic carbocycles. The van der Waals surface area contributed by atoms with Gasteiger partial charge in [-0.3, -0.25) is 0 Å². The van der Waals surface area contributed by atoms with Crippen molar-refractivity contribution in [3.63, 3.8) is 0 Å². The highest BCUT2D eigenvalue weighted by Crippen LogP contribution is 2.31. The van der Waals surface area contributed by atoms with Gasteiger partial charge in [-0.1, -0.05) is 72.3 Å². The van der Waals surface area contributed by atoms with E-state index in [9.17, 15) is 0 Å². The minimum absolute atomic E-state index is 0.632. The quantitative estimate of drug-likeness (QED) is 0.235. The van der Waals surface area contributed by atoms with Crippen LogP contribution in [0.1, 0.15) is 32.1 Å². The van der Waals surface area contributed by atoms with Crippen LogP contribution in [-0.2, 0) is 0 Å². The van der Waals surface area contributed by atoms with Crippen LogP contribution in [0.15, 0.2) is 90.5 Å². The summed E-state index contributed by atoms with van der Waals surface area (Å²) in [6, 6.07) is 26.5. The molecule has 0 saturated heterocycles. The summed E-state index contributed by atoms with van der Waals surface area (Å²) in [5.74, 6) is 0. The molecular weight excluding hydrogens is 436 g/mol. The Morgan fingerprint density at radius 3 is 2.12 bits per heavy atom. The fraction of sp³-hybridized carbons (Fsp3) is 0.207. The van der Waals surface area contributed by atoms with Crippen LogP contribution in [0.2, 0.25) is 0 Å². The van der Waals surface area contributed by atoms with E-state index in [0.717, 1.165) is 52.2 Å². The van der Waals surface area contributed by atoms with Crippen molar-refractivity contribution < 1.29 is 0 Å². The van der Waals surface area contributed by atoms with Crippen molar-refractivity contribution in [1.29, 1.82) is 0 Å². The topological polar surface area (TPSA) is 49.8 Å². The minimum atomic E-state index is 0.632. The molecule has 1 heterocycles. The highest BCUT2D eigenvalue weighted by Gasteiger charge is 2.13. The van der Waals surface area contributed by atoms with Crippen LogP contribution >= 0.6 is 12.2 Å². The number of allylic oxidation sites excluding steroid dienone is 1. The van der Waals surface area contributed by atoms with Crippen LogP contribution in [0, 0.1) is 0 Å². The molecule has 34 heavy (non-hydrogen) atoms. The lowest BCUT2D eigenvalue weighted by Crippen LogP contribution is -2.29. The minimum Gasteiger partial charge on any atom is -0.362 e. The number of thiocarbonyl (C=S) groups is 1. The first-order valence-electron chi connectivity index (χ1n) is 11.9. The first-order chi connectivity index (χ1) is 16.8. The number of nitrogens with one attached hydrogen (secondary N) is 2. The van der Waals surface area contributed by atoms with Crippen LogP contribution in [-0.4, -0.2) is 21.6 Å². The second-order valence-electron chi connectivity index (χ2n) is 8.60. The highest BCUT2D eigenvalue weighted by molar-refractivity contribution is 7.80. The number of rotatable bonds is 6. The average Bonchev–Trinajstić information content (AvgIpc) is 2.89. The summed E-state index contributed by atoms with van der Waals surface area (Å²) in [5, 5.41) is 7.28. The monoisotopic (exact) mass is 464 g/mol. The van der Waals surface area contributed by atoms with E-state index in [1.807, 2.05) is 54.6 Å². The molecule has 1 aliphatic rings. The van der Waals surface area contributed by atoms with Gasteiger partial charge >= 0.3 is 0 Å². The predicted molar refractivity (Wildman–Crippen MR) is 146 cm³/mol. The van der Waals surface area contributed by atoms with Gasteiger partial charge in [0.15, 0.2) is 5.11 Å². The van der Waals surface area contributed by atoms with Crippen LogP contribution in [0.25, 0.3) is 33.5 Å². The molecule has 0 atom stereocenters. The Morgan fingerprint density at radius 2 is 1.47 bits per heavy atom. The summed E-state index contributed by atoms with van der Waals surface area (Å²) in [4.78, 5) is 10.0. The Kier molecular flexibility index (Phi) is 6.91. The van der Waals surface area contributed by atoms with Gasteiger partial charge in [0.25, 0.3) is 0 Å². The molecule has 5 rings (SSSR count). The van der Waals surface area contributed by atoms with Crippen molar-refractivity contribution >= 4 is 34.1 Å². The third-order valence-corrected chi connectivity index (χ3v) is 6.38. The molecule has 1 aromatic heterocycles. The van der Waals surface area contributed by atoms with Gasteiger partial charge < -0.3 is 10.6 Å². The van der Waals surface area contributed by atoms with Crippen LogP contribution in [0.5, 0.6) is 0 Å². The second-order valence-corrected chi connectivity index (χ2v) is 9.00. The third kappa shape index (κ3) is 5.32. The van der Waals surface area contributed by atoms with Crippen molar-refractivity contribution in [3.05, 3.63) is 90.5 Å². The van der Waals surface area contributed by atoms with E-state index in [1.165, 1.54) is 25.7 Å². The van der Waals surface area contributed by atoms with E-state index >= 15 is 0 Å². The van der Waals surface area contributed by atoms with Crippen molar-refractivity contribution in [3.8, 4) is 22.5 Å². The van der Waals surface area contributed by atoms with Crippen molar-refractivity contribution in [2.24, 2.45) is 0 Å². The molecule has 0 amide bonds. The third-order valence-electron chi connectivity index (χ3n) is 6.13. The van der Waals surface area contributed by atoms with E-state index < -0.39 is 0 Å². The number of benzene rings is 3. The van der Waals surface area contributed by atoms with Gasteiger partial charge in [0.2, 0.25) is 0 Å². The molecule has 4 aromatic rings. The molecule has 0 fully saturated rings. The van der Waals surface area contributed by atoms with Gasteiger partial charge in [0.1, 0.15) is 0 Å². The normalized spacial score (nSPS) is 13.4. The van der Waals surface area contributed by atoms with E-state index in [-0.39, 0.29) is 0 Å². The van der Waals surface area contributed by atoms with Crippen molar-refractivity contribution in [2.75, 3.05) is 11.9 Å². The molecule has 0 spiro atoms. The molecule has 1 aliphatic carbocycles. The van der Waals surface area contributed by atoms with Gasteiger partial charge in [0.05, 0.1) is 22.4 Å². The first kappa shape index (κ1) is 22.2. The van der Waals surface area contributed by atoms with Crippen LogP contribution < -0.4 is 10.6 Å². The molecule has 4 nitrogen and oxygen atoms in total. The molecule has 2 N–H and O–H groups in total. The number of anilines is 1. The summed E-state index contributed by atoms with van der Waals surface area (Å²) in [6.07, 6.45) is 8.50. The van der Waals surface area contributed by atoms with Crippen LogP contribution in [0.3, 0.4) is 0 Å². The molecule has 0 unspecified atom stereocenters. The van der Waals surface area contributed by atoms with E-state index in [1.54, 1.807) is 5.57 Å².